The third kappa shape index (κ3) is 3.80. The second kappa shape index (κ2) is 5.47. The molecule has 1 heterocycles. The van der Waals surface area contributed by atoms with Gasteiger partial charge in [-0.15, -0.1) is 0 Å². The molecule has 0 aliphatic carbocycles. The smallest absolute Gasteiger partial charge is 0.222 e. The van der Waals surface area contributed by atoms with Gasteiger partial charge in [0.2, 0.25) is 5.91 Å². The van der Waals surface area contributed by atoms with E-state index in [9.17, 15) is 4.79 Å². The van der Waals surface area contributed by atoms with E-state index in [-0.39, 0.29) is 18.1 Å². The number of nitrogens with zero attached hydrogens (tertiary/aromatic N) is 1. The monoisotopic (exact) mass is 214 g/mol. The predicted octanol–water partition coefficient (Wildman–Crippen LogP) is 0.607. The first-order valence-electron chi connectivity index (χ1n) is 5.65. The molecule has 1 saturated heterocycles. The van der Waals surface area contributed by atoms with Crippen LogP contribution in [0, 0.1) is 5.92 Å². The van der Waals surface area contributed by atoms with Crippen molar-refractivity contribution in [3.05, 3.63) is 0 Å². The summed E-state index contributed by atoms with van der Waals surface area (Å²) < 4.78 is 5.51. The molecule has 0 aromatic carbocycles. The number of hydrogen-bond acceptors (Lipinski definition) is 3. The van der Waals surface area contributed by atoms with E-state index in [0.29, 0.717) is 32.0 Å². The van der Waals surface area contributed by atoms with Crippen LogP contribution in [0.3, 0.4) is 0 Å². The van der Waals surface area contributed by atoms with Crippen molar-refractivity contribution in [2.75, 3.05) is 19.7 Å². The summed E-state index contributed by atoms with van der Waals surface area (Å²) in [6.07, 6.45) is 0.612. The summed E-state index contributed by atoms with van der Waals surface area (Å²) in [5.41, 5.74) is 5.77. The second-order valence-corrected chi connectivity index (χ2v) is 4.71. The lowest BCUT2D eigenvalue weighted by Gasteiger charge is -2.35. The van der Waals surface area contributed by atoms with Crippen LogP contribution in [0.2, 0.25) is 0 Å². The Morgan fingerprint density at radius 1 is 1.53 bits per heavy atom. The highest BCUT2D eigenvalue weighted by Gasteiger charge is 2.26. The number of morpholine rings is 1. The zero-order valence-corrected chi connectivity index (χ0v) is 9.90. The van der Waals surface area contributed by atoms with Gasteiger partial charge in [-0.1, -0.05) is 13.8 Å². The molecule has 15 heavy (non-hydrogen) atoms. The molecule has 88 valence electrons. The quantitative estimate of drug-likeness (QED) is 0.749. The summed E-state index contributed by atoms with van der Waals surface area (Å²) in [6, 6.07) is -0.0142. The molecule has 2 N–H and O–H groups in total. The number of nitrogens with two attached hydrogens (primary N) is 1. The van der Waals surface area contributed by atoms with Crippen molar-refractivity contribution >= 4 is 5.91 Å². The number of carbonyl (C=O) groups is 1. The average Bonchev–Trinajstić information content (AvgIpc) is 2.17. The van der Waals surface area contributed by atoms with Gasteiger partial charge < -0.3 is 15.4 Å². The van der Waals surface area contributed by atoms with Crippen LogP contribution < -0.4 is 5.73 Å². The average molecular weight is 214 g/mol. The standard InChI is InChI=1S/C11H22N2O2/c1-8(2)6-11(14)13-4-5-15-10(7-13)9(3)12/h8-10H,4-7,12H2,1-3H3/t9-,10+/m0/s1. The molecule has 0 aromatic heterocycles. The lowest BCUT2D eigenvalue weighted by Crippen LogP contribution is -2.51. The molecule has 0 saturated carbocycles. The van der Waals surface area contributed by atoms with Crippen molar-refractivity contribution in [3.8, 4) is 0 Å². The van der Waals surface area contributed by atoms with E-state index in [1.165, 1.54) is 0 Å². The van der Waals surface area contributed by atoms with E-state index < -0.39 is 0 Å². The van der Waals surface area contributed by atoms with Crippen LogP contribution in [0.1, 0.15) is 27.2 Å². The van der Waals surface area contributed by atoms with E-state index in [1.807, 2.05) is 11.8 Å². The predicted molar refractivity (Wildman–Crippen MR) is 59.4 cm³/mol. The SMILES string of the molecule is CC(C)CC(=O)N1CCO[C@@H]([C@H](C)N)C1. The summed E-state index contributed by atoms with van der Waals surface area (Å²) in [6.45, 7) is 7.98. The van der Waals surface area contributed by atoms with E-state index in [4.69, 9.17) is 10.5 Å². The highest BCUT2D eigenvalue weighted by atomic mass is 16.5. The van der Waals surface area contributed by atoms with Crippen LogP contribution in [-0.2, 0) is 9.53 Å². The molecule has 0 unspecified atom stereocenters. The van der Waals surface area contributed by atoms with E-state index >= 15 is 0 Å². The van der Waals surface area contributed by atoms with Gasteiger partial charge in [0.15, 0.2) is 0 Å². The van der Waals surface area contributed by atoms with Gasteiger partial charge in [0.25, 0.3) is 0 Å². The minimum Gasteiger partial charge on any atom is -0.373 e. The Labute approximate surface area is 91.8 Å². The molecule has 0 bridgehead atoms. The van der Waals surface area contributed by atoms with E-state index in [2.05, 4.69) is 13.8 Å². The summed E-state index contributed by atoms with van der Waals surface area (Å²) in [5, 5.41) is 0. The zero-order valence-electron chi connectivity index (χ0n) is 9.90. The fourth-order valence-electron chi connectivity index (χ4n) is 1.70. The first-order valence-corrected chi connectivity index (χ1v) is 5.65. The molecule has 1 amide bonds. The Hall–Kier alpha value is -0.610. The van der Waals surface area contributed by atoms with Gasteiger partial charge in [0, 0.05) is 25.6 Å². The summed E-state index contributed by atoms with van der Waals surface area (Å²) in [4.78, 5) is 13.7. The van der Waals surface area contributed by atoms with Gasteiger partial charge in [-0.3, -0.25) is 4.79 Å². The Morgan fingerprint density at radius 3 is 2.73 bits per heavy atom. The van der Waals surface area contributed by atoms with Gasteiger partial charge >= 0.3 is 0 Å². The van der Waals surface area contributed by atoms with Crippen LogP contribution in [0.5, 0.6) is 0 Å². The molecular formula is C11H22N2O2. The Morgan fingerprint density at radius 2 is 2.20 bits per heavy atom. The van der Waals surface area contributed by atoms with Crippen molar-refractivity contribution < 1.29 is 9.53 Å². The van der Waals surface area contributed by atoms with Crippen LogP contribution in [-0.4, -0.2) is 42.6 Å². The number of carbonyl (C=O) groups excluding carboxylic acids is 1. The third-order valence-corrected chi connectivity index (χ3v) is 2.62. The zero-order chi connectivity index (χ0) is 11.4. The fraction of sp³-hybridized carbons (Fsp3) is 0.909. The highest BCUT2D eigenvalue weighted by molar-refractivity contribution is 5.76. The Bertz CT molecular complexity index is 217. The topological polar surface area (TPSA) is 55.6 Å². The lowest BCUT2D eigenvalue weighted by molar-refractivity contribution is -0.140. The maximum atomic E-state index is 11.8. The van der Waals surface area contributed by atoms with Crippen molar-refractivity contribution in [2.45, 2.75) is 39.3 Å². The third-order valence-electron chi connectivity index (χ3n) is 2.62. The van der Waals surface area contributed by atoms with E-state index in [0.717, 1.165) is 0 Å². The van der Waals surface area contributed by atoms with Crippen molar-refractivity contribution in [3.63, 3.8) is 0 Å². The van der Waals surface area contributed by atoms with E-state index in [1.54, 1.807) is 0 Å². The minimum absolute atomic E-state index is 0.00476. The molecule has 1 aliphatic rings. The molecule has 1 rings (SSSR count). The Kier molecular flexibility index (Phi) is 4.54. The Balaban J connectivity index is 2.45. The normalized spacial score (nSPS) is 24.3. The largest absolute Gasteiger partial charge is 0.373 e. The summed E-state index contributed by atoms with van der Waals surface area (Å²) in [5.74, 6) is 0.632. The van der Waals surface area contributed by atoms with Gasteiger partial charge in [-0.2, -0.15) is 0 Å². The molecule has 0 spiro atoms. The molecule has 2 atom stereocenters. The van der Waals surface area contributed by atoms with Crippen molar-refractivity contribution in [2.24, 2.45) is 11.7 Å². The molecule has 4 heteroatoms. The first-order chi connectivity index (χ1) is 7.00. The van der Waals surface area contributed by atoms with Gasteiger partial charge in [-0.05, 0) is 12.8 Å². The number of ether oxygens (including phenoxy) is 1. The molecule has 0 aromatic rings. The molecule has 1 aliphatic heterocycles. The van der Waals surface area contributed by atoms with Crippen LogP contribution >= 0.6 is 0 Å². The minimum atomic E-state index is -0.0142. The van der Waals surface area contributed by atoms with Crippen LogP contribution in [0.4, 0.5) is 0 Å². The van der Waals surface area contributed by atoms with Gasteiger partial charge in [0.05, 0.1) is 12.7 Å². The number of rotatable bonds is 3. The van der Waals surface area contributed by atoms with Crippen LogP contribution in [0.25, 0.3) is 0 Å². The maximum Gasteiger partial charge on any atom is 0.222 e. The fourth-order valence-corrected chi connectivity index (χ4v) is 1.70. The highest BCUT2D eigenvalue weighted by Crippen LogP contribution is 2.11. The first kappa shape index (κ1) is 12.5. The molecule has 1 fully saturated rings. The summed E-state index contributed by atoms with van der Waals surface area (Å²) in [7, 11) is 0. The van der Waals surface area contributed by atoms with Crippen LogP contribution in [0.15, 0.2) is 0 Å². The van der Waals surface area contributed by atoms with Crippen molar-refractivity contribution in [1.29, 1.82) is 0 Å². The van der Waals surface area contributed by atoms with Gasteiger partial charge in [-0.25, -0.2) is 0 Å². The van der Waals surface area contributed by atoms with Gasteiger partial charge in [0.1, 0.15) is 0 Å². The maximum absolute atomic E-state index is 11.8. The summed E-state index contributed by atoms with van der Waals surface area (Å²) >= 11 is 0. The van der Waals surface area contributed by atoms with Crippen molar-refractivity contribution in [1.82, 2.24) is 4.90 Å². The second-order valence-electron chi connectivity index (χ2n) is 4.71. The number of amides is 1. The molecule has 4 nitrogen and oxygen atoms in total. The number of hydrogen-bond donors (Lipinski definition) is 1. The molecular weight excluding hydrogens is 192 g/mol. The molecule has 0 radical (unpaired) electrons. The lowest BCUT2D eigenvalue weighted by atomic mass is 10.1.